The van der Waals surface area contributed by atoms with E-state index in [1.165, 1.54) is 44.3 Å². The maximum absolute atomic E-state index is 2.26. The molecule has 0 N–H and O–H groups in total. The molecule has 0 saturated carbocycles. The van der Waals surface area contributed by atoms with E-state index in [0.29, 0.717) is 0 Å². The zero-order valence-corrected chi connectivity index (χ0v) is 21.0. The third kappa shape index (κ3) is 7.54. The van der Waals surface area contributed by atoms with Crippen LogP contribution in [-0.4, -0.2) is 0 Å². The molecule has 0 fully saturated rings. The Balaban J connectivity index is 0.000000262. The highest BCUT2D eigenvalue weighted by Crippen LogP contribution is 2.27. The van der Waals surface area contributed by atoms with Crippen molar-refractivity contribution in [2.75, 3.05) is 0 Å². The molecule has 0 amide bonds. The molecule has 0 spiro atoms. The molecule has 32 heavy (non-hydrogen) atoms. The van der Waals surface area contributed by atoms with Crippen molar-refractivity contribution in [3.8, 4) is 0 Å². The van der Waals surface area contributed by atoms with Crippen LogP contribution in [-0.2, 0) is 0 Å². The maximum Gasteiger partial charge on any atom is -0.0148 e. The van der Waals surface area contributed by atoms with Crippen LogP contribution in [0, 0.1) is 6.92 Å². The third-order valence-corrected chi connectivity index (χ3v) is 4.70. The number of benzene rings is 5. The van der Waals surface area contributed by atoms with Crippen molar-refractivity contribution in [3.05, 3.63) is 109 Å². The van der Waals surface area contributed by atoms with Crippen molar-refractivity contribution < 1.29 is 0 Å². The minimum Gasteiger partial charge on any atom is -0.0683 e. The molecule has 0 aromatic heterocycles. The Morgan fingerprint density at radius 2 is 0.688 bits per heavy atom. The fraction of sp³-hybridized carbons (Fsp3) is 0.250. The molecule has 0 radical (unpaired) electrons. The lowest BCUT2D eigenvalue weighted by Crippen LogP contribution is -1.81. The van der Waals surface area contributed by atoms with Crippen LogP contribution in [0.3, 0.4) is 0 Å². The summed E-state index contributed by atoms with van der Waals surface area (Å²) in [5, 5.41) is 7.99. The van der Waals surface area contributed by atoms with Gasteiger partial charge in [-0.05, 0) is 50.9 Å². The summed E-state index contributed by atoms with van der Waals surface area (Å²) in [6, 6.07) is 36.1. The normalized spacial score (nSPS) is 9.22. The second kappa shape index (κ2) is 15.6. The molecule has 0 bridgehead atoms. The van der Waals surface area contributed by atoms with Crippen LogP contribution in [0.15, 0.2) is 103 Å². The number of hydrogen-bond donors (Lipinski definition) is 0. The van der Waals surface area contributed by atoms with E-state index in [4.69, 9.17) is 0 Å². The smallest absolute Gasteiger partial charge is 0.0148 e. The van der Waals surface area contributed by atoms with Gasteiger partial charge in [-0.1, -0.05) is 145 Å². The van der Waals surface area contributed by atoms with Gasteiger partial charge in [-0.25, -0.2) is 0 Å². The van der Waals surface area contributed by atoms with Crippen LogP contribution in [0.25, 0.3) is 32.3 Å². The predicted octanol–water partition coefficient (Wildman–Crippen LogP) is 10.6. The molecule has 0 atom stereocenters. The van der Waals surface area contributed by atoms with Gasteiger partial charge >= 0.3 is 0 Å². The monoisotopic (exact) mass is 424 g/mol. The van der Waals surface area contributed by atoms with E-state index >= 15 is 0 Å². The number of hydrogen-bond acceptors (Lipinski definition) is 0. The van der Waals surface area contributed by atoms with E-state index in [1.54, 1.807) is 0 Å². The quantitative estimate of drug-likeness (QED) is 0.217. The second-order valence-electron chi connectivity index (χ2n) is 7.00. The molecule has 0 heterocycles. The van der Waals surface area contributed by atoms with Gasteiger partial charge in [0.25, 0.3) is 0 Å². The molecule has 0 aliphatic heterocycles. The number of aryl methyl sites for hydroxylation is 1. The van der Waals surface area contributed by atoms with Crippen LogP contribution >= 0.6 is 0 Å². The van der Waals surface area contributed by atoms with Crippen LogP contribution in [0.5, 0.6) is 0 Å². The lowest BCUT2D eigenvalue weighted by Gasteiger charge is -2.06. The van der Waals surface area contributed by atoms with Gasteiger partial charge in [-0.2, -0.15) is 0 Å². The van der Waals surface area contributed by atoms with Crippen molar-refractivity contribution in [2.24, 2.45) is 0 Å². The summed E-state index contributed by atoms with van der Waals surface area (Å²) in [7, 11) is 0. The number of rotatable bonds is 0. The third-order valence-electron chi connectivity index (χ3n) is 4.70. The van der Waals surface area contributed by atoms with Crippen molar-refractivity contribution in [1.29, 1.82) is 0 Å². The molecular weight excluding hydrogens is 384 g/mol. The Labute approximate surface area is 195 Å². The Kier molecular flexibility index (Phi) is 13.2. The molecule has 0 heteroatoms. The molecule has 5 aromatic rings. The highest BCUT2D eigenvalue weighted by atomic mass is 14.1. The zero-order chi connectivity index (χ0) is 23.8. The van der Waals surface area contributed by atoms with Gasteiger partial charge in [0.05, 0.1) is 0 Å². The Bertz CT molecular complexity index is 1050. The molecule has 5 rings (SSSR count). The molecule has 0 unspecified atom stereocenters. The Morgan fingerprint density at radius 1 is 0.438 bits per heavy atom. The SMILES string of the molecule is CC.CC.CCC.Cc1c2ccccc2cc2ccccc12.c1ccc2ccccc2c1. The van der Waals surface area contributed by atoms with E-state index in [-0.39, 0.29) is 0 Å². The molecule has 168 valence electrons. The fourth-order valence-corrected chi connectivity index (χ4v) is 3.37. The topological polar surface area (TPSA) is 0 Å². The Hall–Kier alpha value is -3.12. The van der Waals surface area contributed by atoms with Crippen molar-refractivity contribution >= 4 is 32.3 Å². The van der Waals surface area contributed by atoms with E-state index in [0.717, 1.165) is 0 Å². The Morgan fingerprint density at radius 3 is 1.00 bits per heavy atom. The van der Waals surface area contributed by atoms with Gasteiger partial charge in [0, 0.05) is 0 Å². The molecule has 5 aromatic carbocycles. The minimum absolute atomic E-state index is 1.25. The van der Waals surface area contributed by atoms with Gasteiger partial charge in [-0.3, -0.25) is 0 Å². The predicted molar refractivity (Wildman–Crippen MR) is 149 cm³/mol. The van der Waals surface area contributed by atoms with Gasteiger partial charge < -0.3 is 0 Å². The molecule has 0 nitrogen and oxygen atoms in total. The van der Waals surface area contributed by atoms with Gasteiger partial charge in [0.2, 0.25) is 0 Å². The van der Waals surface area contributed by atoms with Crippen LogP contribution in [0.4, 0.5) is 0 Å². The molecule has 0 saturated heterocycles. The van der Waals surface area contributed by atoms with Crippen LogP contribution in [0.2, 0.25) is 0 Å². The van der Waals surface area contributed by atoms with Crippen LogP contribution < -0.4 is 0 Å². The molecular formula is C32H40. The summed E-state index contributed by atoms with van der Waals surface area (Å²) < 4.78 is 0. The van der Waals surface area contributed by atoms with Crippen molar-refractivity contribution in [3.63, 3.8) is 0 Å². The van der Waals surface area contributed by atoms with Crippen molar-refractivity contribution in [2.45, 2.75) is 54.9 Å². The number of fused-ring (bicyclic) bond motifs is 3. The van der Waals surface area contributed by atoms with Gasteiger partial charge in [-0.15, -0.1) is 0 Å². The maximum atomic E-state index is 2.26. The van der Waals surface area contributed by atoms with E-state index in [1.807, 2.05) is 27.7 Å². The summed E-state index contributed by atoms with van der Waals surface area (Å²) in [4.78, 5) is 0. The summed E-state index contributed by atoms with van der Waals surface area (Å²) in [5.41, 5.74) is 1.38. The highest BCUT2D eigenvalue weighted by Gasteiger charge is 2.01. The van der Waals surface area contributed by atoms with E-state index in [2.05, 4.69) is 124 Å². The average molecular weight is 425 g/mol. The zero-order valence-electron chi connectivity index (χ0n) is 21.0. The first kappa shape index (κ1) is 26.9. The first-order chi connectivity index (χ1) is 15.7. The fourth-order valence-electron chi connectivity index (χ4n) is 3.37. The molecule has 0 aliphatic carbocycles. The summed E-state index contributed by atoms with van der Waals surface area (Å²) >= 11 is 0. The first-order valence-electron chi connectivity index (χ1n) is 12.1. The summed E-state index contributed by atoms with van der Waals surface area (Å²) in [6.07, 6.45) is 1.25. The first-order valence-corrected chi connectivity index (χ1v) is 12.1. The summed E-state index contributed by atoms with van der Waals surface area (Å²) in [5.74, 6) is 0. The van der Waals surface area contributed by atoms with E-state index < -0.39 is 0 Å². The van der Waals surface area contributed by atoms with E-state index in [9.17, 15) is 0 Å². The van der Waals surface area contributed by atoms with Crippen molar-refractivity contribution in [1.82, 2.24) is 0 Å². The lowest BCUT2D eigenvalue weighted by molar-refractivity contribution is 1.09. The molecule has 0 aliphatic rings. The summed E-state index contributed by atoms with van der Waals surface area (Å²) in [6.45, 7) is 14.4. The lowest BCUT2D eigenvalue weighted by atomic mass is 9.98. The second-order valence-corrected chi connectivity index (χ2v) is 7.00. The largest absolute Gasteiger partial charge is 0.0683 e. The minimum atomic E-state index is 1.25. The average Bonchev–Trinajstić information content (AvgIpc) is 2.88. The highest BCUT2D eigenvalue weighted by molar-refractivity contribution is 6.01. The standard InChI is InChI=1S/C15H12.C10H8.C3H8.2C2H6/c1-11-14-8-4-2-6-12(14)10-13-7-3-5-9-15(11)13;1-2-6-10-8-4-3-7-9(10)5-1;1-3-2;2*1-2/h2-10H,1H3;1-8H;3H2,1-2H3;2*1-2H3. The van der Waals surface area contributed by atoms with Gasteiger partial charge in [0.1, 0.15) is 0 Å². The van der Waals surface area contributed by atoms with Gasteiger partial charge in [0.15, 0.2) is 0 Å². The van der Waals surface area contributed by atoms with Crippen LogP contribution in [0.1, 0.15) is 53.5 Å².